The first-order valence-electron chi connectivity index (χ1n) is 5.14. The number of halogens is 3. The molecule has 2 rings (SSSR count). The second-order valence-corrected chi connectivity index (χ2v) is 3.58. The molecule has 6 heteroatoms. The van der Waals surface area contributed by atoms with Gasteiger partial charge in [0.15, 0.2) is 29.0 Å². The highest BCUT2D eigenvalue weighted by molar-refractivity contribution is 5.91. The Bertz CT molecular complexity index is 641. The van der Waals surface area contributed by atoms with Gasteiger partial charge in [-0.2, -0.15) is 0 Å². The summed E-state index contributed by atoms with van der Waals surface area (Å²) in [7, 11) is 0. The van der Waals surface area contributed by atoms with E-state index in [1.807, 2.05) is 0 Å². The molecule has 0 amide bonds. The smallest absolute Gasteiger partial charge is 0.346 e. The Balaban J connectivity index is 2.31. The zero-order valence-electron chi connectivity index (χ0n) is 9.36. The maximum absolute atomic E-state index is 13.3. The number of hydrogen-bond donors (Lipinski definition) is 1. The lowest BCUT2D eigenvalue weighted by Crippen LogP contribution is -2.12. The van der Waals surface area contributed by atoms with E-state index in [1.54, 1.807) is 0 Å². The van der Waals surface area contributed by atoms with Crippen LogP contribution in [-0.4, -0.2) is 11.1 Å². The first kappa shape index (κ1) is 12.9. The Hall–Kier alpha value is -2.50. The van der Waals surface area contributed by atoms with E-state index in [0.717, 1.165) is 6.07 Å². The lowest BCUT2D eigenvalue weighted by molar-refractivity contribution is 0.0723. The molecule has 2 aromatic carbocycles. The molecule has 0 fully saturated rings. The molecule has 0 radical (unpaired) electrons. The van der Waals surface area contributed by atoms with E-state index in [-0.39, 0.29) is 11.5 Å². The van der Waals surface area contributed by atoms with Crippen molar-refractivity contribution in [1.29, 1.82) is 0 Å². The molecule has 0 spiro atoms. The summed E-state index contributed by atoms with van der Waals surface area (Å²) in [5.74, 6) is -6.59. The molecule has 2 aromatic rings. The number of benzene rings is 2. The number of hydrogen-bond acceptors (Lipinski definition) is 3. The molecule has 1 N–H and O–H groups in total. The van der Waals surface area contributed by atoms with E-state index in [2.05, 4.69) is 4.74 Å². The van der Waals surface area contributed by atoms with Crippen molar-refractivity contribution in [3.63, 3.8) is 0 Å². The fourth-order valence-corrected chi connectivity index (χ4v) is 1.38. The second-order valence-electron chi connectivity index (χ2n) is 3.58. The van der Waals surface area contributed by atoms with Crippen LogP contribution in [0.25, 0.3) is 0 Å². The van der Waals surface area contributed by atoms with Gasteiger partial charge in [-0.3, -0.25) is 0 Å². The second kappa shape index (κ2) is 5.01. The van der Waals surface area contributed by atoms with Crippen LogP contribution in [0.15, 0.2) is 36.4 Å². The Kier molecular flexibility index (Phi) is 3.41. The normalized spacial score (nSPS) is 10.3. The average Bonchev–Trinajstić information content (AvgIpc) is 2.39. The van der Waals surface area contributed by atoms with E-state index in [0.29, 0.717) is 6.07 Å². The molecule has 98 valence electrons. The van der Waals surface area contributed by atoms with Gasteiger partial charge in [0.1, 0.15) is 0 Å². The number of carbonyl (C=O) groups is 1. The van der Waals surface area contributed by atoms with Crippen LogP contribution in [0.4, 0.5) is 13.2 Å². The number of phenols is 1. The summed E-state index contributed by atoms with van der Waals surface area (Å²) in [6.45, 7) is 0. The molecule has 0 aromatic heterocycles. The van der Waals surface area contributed by atoms with Gasteiger partial charge in [0.05, 0.1) is 5.56 Å². The number of carbonyl (C=O) groups excluding carboxylic acids is 1. The predicted molar refractivity (Wildman–Crippen MR) is 59.4 cm³/mol. The largest absolute Gasteiger partial charge is 0.504 e. The molecule has 0 saturated heterocycles. The van der Waals surface area contributed by atoms with Crippen molar-refractivity contribution in [2.45, 2.75) is 0 Å². The zero-order valence-corrected chi connectivity index (χ0v) is 9.36. The van der Waals surface area contributed by atoms with Crippen LogP contribution in [0.1, 0.15) is 10.4 Å². The van der Waals surface area contributed by atoms with Crippen molar-refractivity contribution in [1.82, 2.24) is 0 Å². The van der Waals surface area contributed by atoms with Crippen molar-refractivity contribution in [3.8, 4) is 11.5 Å². The van der Waals surface area contributed by atoms with Crippen LogP contribution in [0.5, 0.6) is 11.5 Å². The average molecular weight is 268 g/mol. The number of aromatic hydroxyl groups is 1. The summed E-state index contributed by atoms with van der Waals surface area (Å²) in [5.41, 5.74) is -0.762. The first-order chi connectivity index (χ1) is 9.00. The molecular formula is C13H7F3O3. The third-order valence-electron chi connectivity index (χ3n) is 2.32. The van der Waals surface area contributed by atoms with Gasteiger partial charge in [0.2, 0.25) is 0 Å². The Labute approximate surface area is 105 Å². The number of phenolic OH excluding ortho intramolecular Hbond substituents is 1. The van der Waals surface area contributed by atoms with Crippen LogP contribution in [-0.2, 0) is 0 Å². The first-order valence-corrected chi connectivity index (χ1v) is 5.14. The number of ether oxygens (including phenoxy) is 1. The van der Waals surface area contributed by atoms with E-state index in [9.17, 15) is 23.1 Å². The third-order valence-corrected chi connectivity index (χ3v) is 2.32. The summed E-state index contributed by atoms with van der Waals surface area (Å²) in [6, 6.07) is 6.86. The molecule has 3 nitrogen and oxygen atoms in total. The highest BCUT2D eigenvalue weighted by atomic mass is 19.2. The molecule has 0 aliphatic heterocycles. The summed E-state index contributed by atoms with van der Waals surface area (Å²) < 4.78 is 43.7. The molecule has 0 aliphatic rings. The van der Waals surface area contributed by atoms with Gasteiger partial charge in [-0.05, 0) is 24.3 Å². The standard InChI is InChI=1S/C13H7F3O3/c14-8-6-5-7(11(15)12(8)16)13(18)19-10-4-2-1-3-9(10)17/h1-6,17H. The zero-order chi connectivity index (χ0) is 14.0. The van der Waals surface area contributed by atoms with Crippen molar-refractivity contribution < 1.29 is 27.8 Å². The summed E-state index contributed by atoms with van der Waals surface area (Å²) in [4.78, 5) is 11.6. The molecule has 0 aliphatic carbocycles. The third kappa shape index (κ3) is 2.52. The number of esters is 1. The van der Waals surface area contributed by atoms with Crippen LogP contribution in [0.2, 0.25) is 0 Å². The SMILES string of the molecule is O=C(Oc1ccccc1O)c1ccc(F)c(F)c1F. The Morgan fingerprint density at radius 3 is 2.37 bits per heavy atom. The topological polar surface area (TPSA) is 46.5 Å². The molecular weight excluding hydrogens is 261 g/mol. The van der Waals surface area contributed by atoms with Crippen molar-refractivity contribution >= 4 is 5.97 Å². The van der Waals surface area contributed by atoms with Gasteiger partial charge in [-0.25, -0.2) is 18.0 Å². The number of rotatable bonds is 2. The highest BCUT2D eigenvalue weighted by Crippen LogP contribution is 2.26. The maximum atomic E-state index is 13.3. The van der Waals surface area contributed by atoms with Gasteiger partial charge < -0.3 is 9.84 Å². The minimum absolute atomic E-state index is 0.211. The van der Waals surface area contributed by atoms with E-state index < -0.39 is 29.0 Å². The monoisotopic (exact) mass is 268 g/mol. The quantitative estimate of drug-likeness (QED) is 0.517. The molecule has 0 heterocycles. The number of para-hydroxylation sites is 2. The highest BCUT2D eigenvalue weighted by Gasteiger charge is 2.21. The van der Waals surface area contributed by atoms with Crippen molar-refractivity contribution in [2.24, 2.45) is 0 Å². The summed E-state index contributed by atoms with van der Waals surface area (Å²) >= 11 is 0. The van der Waals surface area contributed by atoms with Crippen LogP contribution < -0.4 is 4.74 Å². The summed E-state index contributed by atoms with van der Waals surface area (Å²) in [5, 5.41) is 9.37. The van der Waals surface area contributed by atoms with E-state index >= 15 is 0 Å². The van der Waals surface area contributed by atoms with Gasteiger partial charge >= 0.3 is 5.97 Å². The predicted octanol–water partition coefficient (Wildman–Crippen LogP) is 3.03. The van der Waals surface area contributed by atoms with Crippen LogP contribution in [0, 0.1) is 17.5 Å². The molecule has 0 unspecified atom stereocenters. The fraction of sp³-hybridized carbons (Fsp3) is 0. The Morgan fingerprint density at radius 1 is 1.00 bits per heavy atom. The lowest BCUT2D eigenvalue weighted by Gasteiger charge is -2.07. The van der Waals surface area contributed by atoms with E-state index in [4.69, 9.17) is 0 Å². The van der Waals surface area contributed by atoms with Gasteiger partial charge in [0, 0.05) is 0 Å². The molecule has 19 heavy (non-hydrogen) atoms. The van der Waals surface area contributed by atoms with Crippen LogP contribution >= 0.6 is 0 Å². The lowest BCUT2D eigenvalue weighted by atomic mass is 10.2. The van der Waals surface area contributed by atoms with Gasteiger partial charge in [-0.15, -0.1) is 0 Å². The Morgan fingerprint density at radius 2 is 1.68 bits per heavy atom. The minimum Gasteiger partial charge on any atom is -0.504 e. The molecule has 0 saturated carbocycles. The minimum atomic E-state index is -1.76. The molecule has 0 bridgehead atoms. The van der Waals surface area contributed by atoms with Gasteiger partial charge in [0.25, 0.3) is 0 Å². The van der Waals surface area contributed by atoms with Crippen molar-refractivity contribution in [2.75, 3.05) is 0 Å². The summed E-state index contributed by atoms with van der Waals surface area (Å²) in [6.07, 6.45) is 0. The van der Waals surface area contributed by atoms with Crippen molar-refractivity contribution in [3.05, 3.63) is 59.4 Å². The van der Waals surface area contributed by atoms with Crippen LogP contribution in [0.3, 0.4) is 0 Å². The van der Waals surface area contributed by atoms with Gasteiger partial charge in [-0.1, -0.05) is 12.1 Å². The fourth-order valence-electron chi connectivity index (χ4n) is 1.38. The van der Waals surface area contributed by atoms with E-state index in [1.165, 1.54) is 24.3 Å². The maximum Gasteiger partial charge on any atom is 0.346 e. The molecule has 0 atom stereocenters.